The Bertz CT molecular complexity index is 790. The van der Waals surface area contributed by atoms with Crippen molar-refractivity contribution >= 4 is 56.6 Å². The van der Waals surface area contributed by atoms with Gasteiger partial charge in [-0.3, -0.25) is 4.79 Å². The van der Waals surface area contributed by atoms with E-state index in [-0.39, 0.29) is 20.5 Å². The fraction of sp³-hybridized carbons (Fsp3) is 0. The van der Waals surface area contributed by atoms with Crippen LogP contribution in [0.2, 0.25) is 10.0 Å². The van der Waals surface area contributed by atoms with Crippen LogP contribution in [0, 0.1) is 0 Å². The largest absolute Gasteiger partial charge is 0.316 e. The molecule has 0 aromatic heterocycles. The summed E-state index contributed by atoms with van der Waals surface area (Å²) >= 11 is 15.2. The smallest absolute Gasteiger partial charge is 0.280 e. The van der Waals surface area contributed by atoms with Crippen LogP contribution in [0.4, 0.5) is 10.5 Å². The maximum atomic E-state index is 12.6. The second kappa shape index (κ2) is 6.27. The van der Waals surface area contributed by atoms with Crippen molar-refractivity contribution in [2.24, 2.45) is 0 Å². The molecular weight excluding hydrogens is 353 g/mol. The highest BCUT2D eigenvalue weighted by molar-refractivity contribution is 7.97. The van der Waals surface area contributed by atoms with E-state index >= 15 is 0 Å². The van der Waals surface area contributed by atoms with Crippen molar-refractivity contribution in [1.29, 1.82) is 0 Å². The van der Waals surface area contributed by atoms with Crippen LogP contribution in [0.1, 0.15) is 0 Å². The highest BCUT2D eigenvalue weighted by atomic mass is 35.5. The standard InChI is InChI=1S/C13H9Cl2NO3S2/c14-8-1-4-10(5-2-8)21(18,19)12-7-9(15)3-6-11(12)16-13(17)20/h1-7H,(H2,16,17,20). The number of halogens is 2. The molecule has 2 aromatic carbocycles. The van der Waals surface area contributed by atoms with E-state index in [0.29, 0.717) is 5.02 Å². The Morgan fingerprint density at radius 3 is 2.14 bits per heavy atom. The number of thiol groups is 1. The van der Waals surface area contributed by atoms with Crippen LogP contribution in [0.5, 0.6) is 0 Å². The summed E-state index contributed by atoms with van der Waals surface area (Å²) in [6.07, 6.45) is 0. The number of benzene rings is 2. The lowest BCUT2D eigenvalue weighted by Gasteiger charge is -2.11. The van der Waals surface area contributed by atoms with Gasteiger partial charge in [0.1, 0.15) is 0 Å². The van der Waals surface area contributed by atoms with E-state index < -0.39 is 15.1 Å². The van der Waals surface area contributed by atoms with E-state index in [1.165, 1.54) is 42.5 Å². The second-order valence-corrected chi connectivity index (χ2v) is 7.23. The average Bonchev–Trinajstić information content (AvgIpc) is 2.40. The highest BCUT2D eigenvalue weighted by Crippen LogP contribution is 2.31. The van der Waals surface area contributed by atoms with Gasteiger partial charge in [-0.25, -0.2) is 8.42 Å². The van der Waals surface area contributed by atoms with E-state index in [4.69, 9.17) is 23.2 Å². The molecule has 0 aliphatic heterocycles. The summed E-state index contributed by atoms with van der Waals surface area (Å²) < 4.78 is 25.2. The topological polar surface area (TPSA) is 63.2 Å². The first-order valence-corrected chi connectivity index (χ1v) is 8.29. The van der Waals surface area contributed by atoms with Gasteiger partial charge in [-0.2, -0.15) is 0 Å². The summed E-state index contributed by atoms with van der Waals surface area (Å²) in [5, 5.41) is 2.33. The van der Waals surface area contributed by atoms with Gasteiger partial charge in [-0.05, 0) is 42.5 Å². The van der Waals surface area contributed by atoms with E-state index in [2.05, 4.69) is 17.9 Å². The average molecular weight is 362 g/mol. The van der Waals surface area contributed by atoms with Gasteiger partial charge in [0.15, 0.2) is 0 Å². The van der Waals surface area contributed by atoms with E-state index in [1.54, 1.807) is 0 Å². The molecule has 0 bridgehead atoms. The van der Waals surface area contributed by atoms with Crippen molar-refractivity contribution in [3.8, 4) is 0 Å². The minimum absolute atomic E-state index is 0.0452. The van der Waals surface area contributed by atoms with Crippen LogP contribution in [0.25, 0.3) is 0 Å². The Morgan fingerprint density at radius 1 is 1.00 bits per heavy atom. The summed E-state index contributed by atoms with van der Waals surface area (Å²) in [5.74, 6) is 0. The third-order valence-corrected chi connectivity index (χ3v) is 5.01. The molecule has 4 nitrogen and oxygen atoms in total. The molecule has 1 N–H and O–H groups in total. The molecule has 2 rings (SSSR count). The van der Waals surface area contributed by atoms with Crippen LogP contribution >= 0.6 is 35.8 Å². The summed E-state index contributed by atoms with van der Waals surface area (Å²) in [5.41, 5.74) is 0.106. The van der Waals surface area contributed by atoms with E-state index in [1.807, 2.05) is 0 Å². The Hall–Kier alpha value is -1.21. The van der Waals surface area contributed by atoms with Crippen LogP contribution in [0.3, 0.4) is 0 Å². The molecule has 0 unspecified atom stereocenters. The lowest BCUT2D eigenvalue weighted by atomic mass is 10.3. The number of rotatable bonds is 3. The Kier molecular flexibility index (Phi) is 4.83. The van der Waals surface area contributed by atoms with Crippen molar-refractivity contribution in [3.63, 3.8) is 0 Å². The van der Waals surface area contributed by atoms with Crippen LogP contribution in [0.15, 0.2) is 52.3 Å². The Morgan fingerprint density at radius 2 is 1.57 bits per heavy atom. The van der Waals surface area contributed by atoms with Gasteiger partial charge in [0.25, 0.3) is 5.24 Å². The number of hydrogen-bond donors (Lipinski definition) is 2. The third kappa shape index (κ3) is 3.71. The highest BCUT2D eigenvalue weighted by Gasteiger charge is 2.22. The minimum atomic E-state index is -3.85. The lowest BCUT2D eigenvalue weighted by Crippen LogP contribution is -2.09. The molecular formula is C13H9Cl2NO3S2. The molecule has 0 saturated heterocycles. The molecule has 8 heteroatoms. The zero-order chi connectivity index (χ0) is 15.6. The van der Waals surface area contributed by atoms with Crippen molar-refractivity contribution in [2.45, 2.75) is 9.79 Å². The molecule has 21 heavy (non-hydrogen) atoms. The van der Waals surface area contributed by atoms with Crippen LogP contribution < -0.4 is 5.32 Å². The summed E-state index contributed by atoms with van der Waals surface area (Å²) in [7, 11) is -3.85. The number of sulfone groups is 1. The van der Waals surface area contributed by atoms with Crippen molar-refractivity contribution in [3.05, 3.63) is 52.5 Å². The predicted molar refractivity (Wildman–Crippen MR) is 86.4 cm³/mol. The Balaban J connectivity index is 2.60. The zero-order valence-electron chi connectivity index (χ0n) is 10.4. The normalized spacial score (nSPS) is 11.2. The first-order valence-electron chi connectivity index (χ1n) is 5.61. The fourth-order valence-corrected chi connectivity index (χ4v) is 3.60. The molecule has 0 saturated carbocycles. The molecule has 0 aliphatic carbocycles. The van der Waals surface area contributed by atoms with Gasteiger partial charge in [0.2, 0.25) is 9.84 Å². The van der Waals surface area contributed by atoms with Gasteiger partial charge in [0, 0.05) is 10.0 Å². The number of anilines is 1. The number of hydrogen-bond acceptors (Lipinski definition) is 3. The number of nitrogens with one attached hydrogen (secondary N) is 1. The maximum absolute atomic E-state index is 12.6. The SMILES string of the molecule is O=C(S)Nc1ccc(Cl)cc1S(=O)(=O)c1ccc(Cl)cc1. The lowest BCUT2D eigenvalue weighted by molar-refractivity contribution is 0.270. The van der Waals surface area contributed by atoms with Crippen molar-refractivity contribution in [2.75, 3.05) is 5.32 Å². The van der Waals surface area contributed by atoms with Crippen molar-refractivity contribution < 1.29 is 13.2 Å². The summed E-state index contributed by atoms with van der Waals surface area (Å²) in [4.78, 5) is 11.0. The van der Waals surface area contributed by atoms with E-state index in [9.17, 15) is 13.2 Å². The maximum Gasteiger partial charge on any atom is 0.280 e. The van der Waals surface area contributed by atoms with Gasteiger partial charge >= 0.3 is 0 Å². The molecule has 0 spiro atoms. The zero-order valence-corrected chi connectivity index (χ0v) is 13.6. The number of carbonyl (C=O) groups excluding carboxylic acids is 1. The van der Waals surface area contributed by atoms with Crippen molar-refractivity contribution in [1.82, 2.24) is 0 Å². The fourth-order valence-electron chi connectivity index (χ4n) is 1.68. The molecule has 0 aliphatic rings. The molecule has 0 fully saturated rings. The summed E-state index contributed by atoms with van der Waals surface area (Å²) in [6, 6.07) is 9.84. The van der Waals surface area contributed by atoms with Crippen LogP contribution in [-0.4, -0.2) is 13.7 Å². The number of amides is 1. The Labute approximate surface area is 137 Å². The predicted octanol–water partition coefficient (Wildman–Crippen LogP) is 4.29. The molecule has 0 heterocycles. The second-order valence-electron chi connectivity index (χ2n) is 4.03. The molecule has 110 valence electrons. The van der Waals surface area contributed by atoms with Gasteiger partial charge in [-0.15, -0.1) is 0 Å². The quantitative estimate of drug-likeness (QED) is 0.801. The van der Waals surface area contributed by atoms with Gasteiger partial charge in [0.05, 0.1) is 15.5 Å². The first kappa shape index (κ1) is 16.2. The molecule has 0 atom stereocenters. The minimum Gasteiger partial charge on any atom is -0.316 e. The van der Waals surface area contributed by atoms with Crippen LogP contribution in [-0.2, 0) is 9.84 Å². The molecule has 1 amide bonds. The molecule has 0 radical (unpaired) electrons. The first-order chi connectivity index (χ1) is 9.80. The molecule has 2 aromatic rings. The van der Waals surface area contributed by atoms with Gasteiger partial charge in [-0.1, -0.05) is 35.8 Å². The third-order valence-electron chi connectivity index (χ3n) is 2.60. The number of carbonyl (C=O) groups is 1. The van der Waals surface area contributed by atoms with Gasteiger partial charge < -0.3 is 5.32 Å². The summed E-state index contributed by atoms with van der Waals surface area (Å²) in [6.45, 7) is 0. The monoisotopic (exact) mass is 361 g/mol. The van der Waals surface area contributed by atoms with E-state index in [0.717, 1.165) is 0 Å².